The number of carbonyl (C=O) groups is 1. The molecule has 0 bridgehead atoms. The summed E-state index contributed by atoms with van der Waals surface area (Å²) in [6.45, 7) is 0. The highest BCUT2D eigenvalue weighted by molar-refractivity contribution is 8.15. The summed E-state index contributed by atoms with van der Waals surface area (Å²) in [5, 5.41) is 20.8. The molecular weight excluding hydrogens is 346 g/mol. The van der Waals surface area contributed by atoms with Crippen molar-refractivity contribution < 1.29 is 9.90 Å². The third kappa shape index (κ3) is 4.15. The maximum Gasteiger partial charge on any atom is 0.239 e. The fourth-order valence-electron chi connectivity index (χ4n) is 2.16. The quantitative estimate of drug-likeness (QED) is 0.650. The number of carbonyl (C=O) groups excluding carboxylic acids is 1. The number of thioether (sulfide) groups is 1. The third-order valence-electron chi connectivity index (χ3n) is 3.39. The van der Waals surface area contributed by atoms with E-state index in [9.17, 15) is 9.90 Å². The van der Waals surface area contributed by atoms with Gasteiger partial charge in [0.1, 0.15) is 5.75 Å². The van der Waals surface area contributed by atoms with Crippen molar-refractivity contribution >= 4 is 40.7 Å². The van der Waals surface area contributed by atoms with E-state index in [4.69, 9.17) is 11.6 Å². The van der Waals surface area contributed by atoms with Crippen molar-refractivity contribution in [3.63, 3.8) is 0 Å². The van der Waals surface area contributed by atoms with Gasteiger partial charge in [-0.3, -0.25) is 4.79 Å². The number of hydrogen-bond acceptors (Lipinski definition) is 5. The van der Waals surface area contributed by atoms with Gasteiger partial charge in [-0.25, -0.2) is 0 Å². The molecule has 122 valence electrons. The molecule has 0 radical (unpaired) electrons. The van der Waals surface area contributed by atoms with Crippen LogP contribution in [0.15, 0.2) is 58.7 Å². The second-order valence-corrected chi connectivity index (χ2v) is 6.73. The maximum atomic E-state index is 12.0. The van der Waals surface area contributed by atoms with Gasteiger partial charge in [0.2, 0.25) is 5.91 Å². The van der Waals surface area contributed by atoms with Crippen LogP contribution in [0.1, 0.15) is 11.1 Å². The second kappa shape index (κ2) is 7.51. The number of nitrogens with one attached hydrogen (secondary N) is 1. The Kier molecular flexibility index (Phi) is 5.17. The van der Waals surface area contributed by atoms with E-state index in [1.54, 1.807) is 30.5 Å². The number of halogens is 1. The summed E-state index contributed by atoms with van der Waals surface area (Å²) in [7, 11) is 0. The lowest BCUT2D eigenvalue weighted by molar-refractivity contribution is -0.118. The Bertz CT molecular complexity index is 806. The fourth-order valence-corrected chi connectivity index (χ4v) is 3.32. The highest BCUT2D eigenvalue weighted by atomic mass is 35.5. The molecule has 7 heteroatoms. The van der Waals surface area contributed by atoms with Crippen LogP contribution in [0.4, 0.5) is 0 Å². The van der Waals surface area contributed by atoms with Crippen molar-refractivity contribution in [2.75, 3.05) is 0 Å². The van der Waals surface area contributed by atoms with Crippen LogP contribution < -0.4 is 5.32 Å². The molecule has 5 nitrogen and oxygen atoms in total. The number of aromatic hydroxyl groups is 1. The van der Waals surface area contributed by atoms with E-state index < -0.39 is 0 Å². The standard InChI is InChI=1S/C17H14ClN3O2S/c18-14-4-2-1-3-12(14)9-15-16(23)20-17(24-15)21-19-10-11-5-7-13(22)8-6-11/h1-8,10,15,22H,9H2,(H,20,21,23)/b19-10+/t15-/m1/s1. The average molecular weight is 360 g/mol. The van der Waals surface area contributed by atoms with Crippen molar-refractivity contribution in [2.24, 2.45) is 10.2 Å². The molecule has 2 N–H and O–H groups in total. The highest BCUT2D eigenvalue weighted by Crippen LogP contribution is 2.26. The minimum atomic E-state index is -0.271. The molecule has 0 spiro atoms. The summed E-state index contributed by atoms with van der Waals surface area (Å²) in [5.74, 6) is 0.0954. The van der Waals surface area contributed by atoms with Gasteiger partial charge in [0.05, 0.1) is 11.5 Å². The zero-order valence-electron chi connectivity index (χ0n) is 12.5. The summed E-state index contributed by atoms with van der Waals surface area (Å²) in [4.78, 5) is 12.0. The average Bonchev–Trinajstić information content (AvgIpc) is 2.91. The summed E-state index contributed by atoms with van der Waals surface area (Å²) < 4.78 is 0. The number of amidine groups is 1. The van der Waals surface area contributed by atoms with Crippen LogP contribution in [-0.2, 0) is 11.2 Å². The molecule has 24 heavy (non-hydrogen) atoms. The Morgan fingerprint density at radius 3 is 2.71 bits per heavy atom. The van der Waals surface area contributed by atoms with Gasteiger partial charge in [0.25, 0.3) is 0 Å². The van der Waals surface area contributed by atoms with E-state index in [0.717, 1.165) is 11.1 Å². The first-order chi connectivity index (χ1) is 11.6. The normalized spacial score (nSPS) is 19.1. The molecule has 1 aliphatic heterocycles. The number of hydrogen-bond donors (Lipinski definition) is 2. The van der Waals surface area contributed by atoms with E-state index in [1.807, 2.05) is 24.3 Å². The minimum absolute atomic E-state index is 0.0986. The van der Waals surface area contributed by atoms with Crippen LogP contribution >= 0.6 is 23.4 Å². The molecule has 1 atom stereocenters. The van der Waals surface area contributed by atoms with Crippen LogP contribution in [0.25, 0.3) is 0 Å². The van der Waals surface area contributed by atoms with Gasteiger partial charge < -0.3 is 10.4 Å². The molecule has 0 aromatic heterocycles. The fraction of sp³-hybridized carbons (Fsp3) is 0.118. The number of phenolic OH excluding ortho intramolecular Hbond substituents is 1. The molecule has 3 rings (SSSR count). The summed E-state index contributed by atoms with van der Waals surface area (Å²) in [6.07, 6.45) is 2.09. The van der Waals surface area contributed by atoms with Gasteiger partial charge in [-0.15, -0.1) is 5.10 Å². The molecule has 2 aromatic carbocycles. The summed E-state index contributed by atoms with van der Waals surface area (Å²) in [5.41, 5.74) is 1.74. The van der Waals surface area contributed by atoms with Gasteiger partial charge in [-0.2, -0.15) is 5.10 Å². The molecule has 1 aliphatic rings. The predicted octanol–water partition coefficient (Wildman–Crippen LogP) is 3.21. The van der Waals surface area contributed by atoms with Crippen molar-refractivity contribution in [3.8, 4) is 5.75 Å². The van der Waals surface area contributed by atoms with E-state index in [1.165, 1.54) is 11.8 Å². The smallest absolute Gasteiger partial charge is 0.239 e. The van der Waals surface area contributed by atoms with Crippen LogP contribution in [0, 0.1) is 0 Å². The monoisotopic (exact) mass is 359 g/mol. The van der Waals surface area contributed by atoms with E-state index in [-0.39, 0.29) is 16.9 Å². The lowest BCUT2D eigenvalue weighted by Crippen LogP contribution is -2.26. The summed E-state index contributed by atoms with van der Waals surface area (Å²) in [6, 6.07) is 14.1. The van der Waals surface area contributed by atoms with Gasteiger partial charge in [0.15, 0.2) is 5.17 Å². The van der Waals surface area contributed by atoms with Gasteiger partial charge in [-0.05, 0) is 47.9 Å². The first-order valence-corrected chi connectivity index (χ1v) is 8.48. The van der Waals surface area contributed by atoms with Crippen molar-refractivity contribution in [1.29, 1.82) is 0 Å². The molecule has 0 unspecified atom stereocenters. The first kappa shape index (κ1) is 16.5. The van der Waals surface area contributed by atoms with Crippen LogP contribution in [-0.4, -0.2) is 27.6 Å². The zero-order chi connectivity index (χ0) is 16.9. The Labute approximate surface area is 148 Å². The molecule has 1 amide bonds. The molecule has 2 aromatic rings. The number of rotatable bonds is 4. The van der Waals surface area contributed by atoms with Crippen LogP contribution in [0.3, 0.4) is 0 Å². The topological polar surface area (TPSA) is 74.0 Å². The van der Waals surface area contributed by atoms with Gasteiger partial charge in [0, 0.05) is 5.02 Å². The Balaban J connectivity index is 1.63. The minimum Gasteiger partial charge on any atom is -0.508 e. The molecule has 1 heterocycles. The lowest BCUT2D eigenvalue weighted by Gasteiger charge is -2.06. The van der Waals surface area contributed by atoms with Crippen molar-refractivity contribution in [2.45, 2.75) is 11.7 Å². The first-order valence-electron chi connectivity index (χ1n) is 7.23. The molecule has 1 fully saturated rings. The number of benzene rings is 2. The second-order valence-electron chi connectivity index (χ2n) is 5.13. The number of phenols is 1. The molecular formula is C17H14ClN3O2S. The molecule has 0 saturated carbocycles. The van der Waals surface area contributed by atoms with Gasteiger partial charge >= 0.3 is 0 Å². The molecule has 1 saturated heterocycles. The number of amides is 1. The number of nitrogens with zero attached hydrogens (tertiary/aromatic N) is 2. The van der Waals surface area contributed by atoms with Crippen molar-refractivity contribution in [3.05, 3.63) is 64.7 Å². The van der Waals surface area contributed by atoms with E-state index in [0.29, 0.717) is 16.6 Å². The predicted molar refractivity (Wildman–Crippen MR) is 97.8 cm³/mol. The third-order valence-corrected chi connectivity index (χ3v) is 4.83. The highest BCUT2D eigenvalue weighted by Gasteiger charge is 2.30. The van der Waals surface area contributed by atoms with E-state index >= 15 is 0 Å². The maximum absolute atomic E-state index is 12.0. The summed E-state index contributed by atoms with van der Waals surface area (Å²) >= 11 is 7.47. The lowest BCUT2D eigenvalue weighted by atomic mass is 10.1. The van der Waals surface area contributed by atoms with Crippen molar-refractivity contribution in [1.82, 2.24) is 5.32 Å². The van der Waals surface area contributed by atoms with E-state index in [2.05, 4.69) is 15.5 Å². The molecule has 0 aliphatic carbocycles. The van der Waals surface area contributed by atoms with Crippen LogP contribution in [0.5, 0.6) is 5.75 Å². The van der Waals surface area contributed by atoms with Crippen LogP contribution in [0.2, 0.25) is 5.02 Å². The zero-order valence-corrected chi connectivity index (χ0v) is 14.1. The largest absolute Gasteiger partial charge is 0.508 e. The Morgan fingerprint density at radius 2 is 1.96 bits per heavy atom. The van der Waals surface area contributed by atoms with Gasteiger partial charge in [-0.1, -0.05) is 41.6 Å². The Morgan fingerprint density at radius 1 is 1.21 bits per heavy atom. The Hall–Kier alpha value is -2.31. The SMILES string of the molecule is O=C1N/C(=N\N=C\c2ccc(O)cc2)S[C@@H]1Cc1ccccc1Cl.